The third kappa shape index (κ3) is 3.58. The number of aryl methyl sites for hydroxylation is 1. The largest absolute Gasteiger partial charge is 0.373 e. The molecular weight excluding hydrogens is 236 g/mol. The summed E-state index contributed by atoms with van der Waals surface area (Å²) in [4.78, 5) is 11.7. The van der Waals surface area contributed by atoms with Crippen molar-refractivity contribution in [3.05, 3.63) is 11.9 Å². The van der Waals surface area contributed by atoms with Gasteiger partial charge in [-0.1, -0.05) is 20.8 Å². The average molecular weight is 262 g/mol. The molecule has 1 N–H and O–H groups in total. The molecule has 0 aliphatic carbocycles. The Bertz CT molecular complexity index is 428. The van der Waals surface area contributed by atoms with Gasteiger partial charge in [-0.25, -0.2) is 9.97 Å². The van der Waals surface area contributed by atoms with E-state index in [1.165, 1.54) is 12.8 Å². The van der Waals surface area contributed by atoms with Crippen molar-refractivity contribution in [1.29, 1.82) is 0 Å². The molecule has 4 nitrogen and oxygen atoms in total. The highest BCUT2D eigenvalue weighted by Crippen LogP contribution is 2.31. The van der Waals surface area contributed by atoms with Crippen molar-refractivity contribution in [2.45, 2.75) is 46.5 Å². The van der Waals surface area contributed by atoms with E-state index in [-0.39, 0.29) is 0 Å². The van der Waals surface area contributed by atoms with E-state index < -0.39 is 0 Å². The van der Waals surface area contributed by atoms with Crippen molar-refractivity contribution >= 4 is 11.6 Å². The lowest BCUT2D eigenvalue weighted by Crippen LogP contribution is -2.40. The predicted octanol–water partition coefficient (Wildman–Crippen LogP) is 3.10. The van der Waals surface area contributed by atoms with E-state index in [0.717, 1.165) is 43.4 Å². The van der Waals surface area contributed by atoms with Gasteiger partial charge in [-0.2, -0.15) is 0 Å². The van der Waals surface area contributed by atoms with Crippen LogP contribution in [0.5, 0.6) is 0 Å². The van der Waals surface area contributed by atoms with Crippen LogP contribution in [0.15, 0.2) is 6.07 Å². The van der Waals surface area contributed by atoms with Gasteiger partial charge in [0.25, 0.3) is 0 Å². The molecule has 19 heavy (non-hydrogen) atoms. The van der Waals surface area contributed by atoms with Gasteiger partial charge in [0.05, 0.1) is 0 Å². The summed E-state index contributed by atoms with van der Waals surface area (Å²) in [6.07, 6.45) is 4.57. The van der Waals surface area contributed by atoms with E-state index in [1.54, 1.807) is 0 Å². The molecule has 4 heteroatoms. The van der Waals surface area contributed by atoms with Crippen LogP contribution < -0.4 is 10.2 Å². The predicted molar refractivity (Wildman–Crippen MR) is 80.8 cm³/mol. The summed E-state index contributed by atoms with van der Waals surface area (Å²) in [5.74, 6) is 2.96. The van der Waals surface area contributed by atoms with Gasteiger partial charge in [0.1, 0.15) is 17.5 Å². The second-order valence-corrected chi connectivity index (χ2v) is 6.22. The number of nitrogens with one attached hydrogen (secondary N) is 1. The van der Waals surface area contributed by atoms with Crippen LogP contribution in [0.3, 0.4) is 0 Å². The number of aromatic nitrogens is 2. The molecule has 0 unspecified atom stereocenters. The monoisotopic (exact) mass is 262 g/mol. The quantitative estimate of drug-likeness (QED) is 0.905. The lowest BCUT2D eigenvalue weighted by atomic mass is 9.84. The maximum absolute atomic E-state index is 4.74. The molecule has 2 heterocycles. The third-order valence-electron chi connectivity index (χ3n) is 3.71. The Morgan fingerprint density at radius 1 is 1.37 bits per heavy atom. The van der Waals surface area contributed by atoms with E-state index in [4.69, 9.17) is 4.98 Å². The highest BCUT2D eigenvalue weighted by atomic mass is 15.2. The first-order chi connectivity index (χ1) is 9.04. The summed E-state index contributed by atoms with van der Waals surface area (Å²) in [7, 11) is 1.92. The van der Waals surface area contributed by atoms with Crippen molar-refractivity contribution < 1.29 is 0 Å². The fourth-order valence-electron chi connectivity index (χ4n) is 2.73. The number of anilines is 2. The molecule has 0 spiro atoms. The number of hydrogen-bond acceptors (Lipinski definition) is 4. The van der Waals surface area contributed by atoms with Crippen molar-refractivity contribution in [2.24, 2.45) is 5.41 Å². The Kier molecular flexibility index (Phi) is 4.27. The van der Waals surface area contributed by atoms with Crippen LogP contribution in [0.25, 0.3) is 0 Å². The van der Waals surface area contributed by atoms with E-state index >= 15 is 0 Å². The molecular formula is C15H26N4. The van der Waals surface area contributed by atoms with Gasteiger partial charge in [0.2, 0.25) is 0 Å². The van der Waals surface area contributed by atoms with E-state index in [0.29, 0.717) is 5.41 Å². The zero-order chi connectivity index (χ0) is 13.9. The van der Waals surface area contributed by atoms with Crippen molar-refractivity contribution in [2.75, 3.05) is 30.4 Å². The number of nitrogens with zero attached hydrogens (tertiary/aromatic N) is 3. The number of rotatable bonds is 4. The average Bonchev–Trinajstić information content (AvgIpc) is 2.37. The molecule has 1 aromatic heterocycles. The first-order valence-corrected chi connectivity index (χ1v) is 7.35. The topological polar surface area (TPSA) is 41.1 Å². The minimum Gasteiger partial charge on any atom is -0.373 e. The molecule has 0 atom stereocenters. The van der Waals surface area contributed by atoms with Gasteiger partial charge >= 0.3 is 0 Å². The zero-order valence-electron chi connectivity index (χ0n) is 12.7. The molecule has 106 valence electrons. The summed E-state index contributed by atoms with van der Waals surface area (Å²) in [6.45, 7) is 9.03. The first-order valence-electron chi connectivity index (χ1n) is 7.35. The molecule has 1 aliphatic heterocycles. The fourth-order valence-corrected chi connectivity index (χ4v) is 2.73. The molecule has 0 amide bonds. The molecule has 1 aromatic rings. The summed E-state index contributed by atoms with van der Waals surface area (Å²) < 4.78 is 0. The third-order valence-corrected chi connectivity index (χ3v) is 3.71. The van der Waals surface area contributed by atoms with Crippen molar-refractivity contribution in [3.63, 3.8) is 0 Å². The second-order valence-electron chi connectivity index (χ2n) is 6.22. The lowest BCUT2D eigenvalue weighted by Gasteiger charge is -2.38. The number of hydrogen-bond donors (Lipinski definition) is 1. The Labute approximate surface area is 116 Å². The van der Waals surface area contributed by atoms with E-state index in [9.17, 15) is 0 Å². The Morgan fingerprint density at radius 2 is 2.16 bits per heavy atom. The Hall–Kier alpha value is -1.32. The first kappa shape index (κ1) is 14.1. The molecule has 0 saturated carbocycles. The second kappa shape index (κ2) is 5.76. The summed E-state index contributed by atoms with van der Waals surface area (Å²) in [6, 6.07) is 2.07. The van der Waals surface area contributed by atoms with E-state index in [1.807, 2.05) is 7.05 Å². The smallest absolute Gasteiger partial charge is 0.134 e. The Morgan fingerprint density at radius 3 is 2.79 bits per heavy atom. The van der Waals surface area contributed by atoms with Gasteiger partial charge in [-0.15, -0.1) is 0 Å². The van der Waals surface area contributed by atoms with Gasteiger partial charge in [-0.3, -0.25) is 0 Å². The maximum Gasteiger partial charge on any atom is 0.134 e. The molecule has 2 rings (SSSR count). The summed E-state index contributed by atoms with van der Waals surface area (Å²) in [5.41, 5.74) is 0.383. The highest BCUT2D eigenvalue weighted by molar-refractivity contribution is 5.49. The van der Waals surface area contributed by atoms with Crippen LogP contribution in [-0.2, 0) is 6.42 Å². The molecule has 1 saturated heterocycles. The molecule has 0 aromatic carbocycles. The summed E-state index contributed by atoms with van der Waals surface area (Å²) >= 11 is 0. The Balaban J connectivity index is 2.25. The highest BCUT2D eigenvalue weighted by Gasteiger charge is 2.27. The van der Waals surface area contributed by atoms with Crippen LogP contribution in [0, 0.1) is 5.41 Å². The van der Waals surface area contributed by atoms with Crippen LogP contribution in [-0.4, -0.2) is 30.1 Å². The normalized spacial score (nSPS) is 18.4. The van der Waals surface area contributed by atoms with Crippen molar-refractivity contribution in [3.8, 4) is 0 Å². The van der Waals surface area contributed by atoms with Crippen LogP contribution >= 0.6 is 0 Å². The van der Waals surface area contributed by atoms with E-state index in [2.05, 4.69) is 42.0 Å². The molecule has 1 aliphatic rings. The van der Waals surface area contributed by atoms with Gasteiger partial charge < -0.3 is 10.2 Å². The standard InChI is InChI=1S/C15H26N4/c1-5-7-12-17-13(16-4)10-14(18-12)19-9-6-8-15(2,3)11-19/h10H,5-9,11H2,1-4H3,(H,16,17,18). The summed E-state index contributed by atoms with van der Waals surface area (Å²) in [5, 5.41) is 3.15. The lowest BCUT2D eigenvalue weighted by molar-refractivity contribution is 0.292. The molecule has 0 radical (unpaired) electrons. The fraction of sp³-hybridized carbons (Fsp3) is 0.733. The number of piperidine rings is 1. The maximum atomic E-state index is 4.74. The van der Waals surface area contributed by atoms with Crippen LogP contribution in [0.4, 0.5) is 11.6 Å². The molecule has 0 bridgehead atoms. The van der Waals surface area contributed by atoms with Crippen molar-refractivity contribution in [1.82, 2.24) is 9.97 Å². The minimum atomic E-state index is 0.383. The van der Waals surface area contributed by atoms with Gasteiger partial charge in [0, 0.05) is 32.6 Å². The SMILES string of the molecule is CCCc1nc(NC)cc(N2CCCC(C)(C)C2)n1. The van der Waals surface area contributed by atoms with Gasteiger partial charge in [0.15, 0.2) is 0 Å². The van der Waals surface area contributed by atoms with Gasteiger partial charge in [-0.05, 0) is 24.7 Å². The van der Waals surface area contributed by atoms with Crippen LogP contribution in [0.1, 0.15) is 45.9 Å². The minimum absolute atomic E-state index is 0.383. The van der Waals surface area contributed by atoms with Crippen LogP contribution in [0.2, 0.25) is 0 Å². The zero-order valence-corrected chi connectivity index (χ0v) is 12.7. The molecule has 1 fully saturated rings.